The van der Waals surface area contributed by atoms with E-state index in [1.807, 2.05) is 25.1 Å². The average molecular weight is 381 g/mol. The lowest BCUT2D eigenvalue weighted by Gasteiger charge is -2.36. The van der Waals surface area contributed by atoms with E-state index in [1.54, 1.807) is 4.90 Å². The van der Waals surface area contributed by atoms with E-state index < -0.39 is 12.1 Å². The number of aryl methyl sites for hydroxylation is 2. The fourth-order valence-corrected chi connectivity index (χ4v) is 3.21. The molecule has 0 atom stereocenters. The molecule has 1 aromatic carbocycles. The van der Waals surface area contributed by atoms with Gasteiger partial charge in [0.15, 0.2) is 0 Å². The summed E-state index contributed by atoms with van der Waals surface area (Å²) in [5.41, 5.74) is 1.75. The van der Waals surface area contributed by atoms with Gasteiger partial charge in [-0.3, -0.25) is 4.79 Å². The Balaban J connectivity index is 1.72. The van der Waals surface area contributed by atoms with Crippen LogP contribution in [-0.2, 0) is 0 Å². The Morgan fingerprint density at radius 1 is 1.12 bits per heavy atom. The lowest BCUT2D eigenvalue weighted by atomic mass is 10.1. The Morgan fingerprint density at radius 2 is 1.81 bits per heavy atom. The van der Waals surface area contributed by atoms with Crippen LogP contribution in [0.2, 0.25) is 5.02 Å². The minimum atomic E-state index is -2.73. The summed E-state index contributed by atoms with van der Waals surface area (Å²) in [7, 11) is 0. The molecule has 5 nitrogen and oxygen atoms in total. The van der Waals surface area contributed by atoms with E-state index in [0.29, 0.717) is 31.2 Å². The van der Waals surface area contributed by atoms with Gasteiger partial charge in [-0.25, -0.2) is 18.7 Å². The Kier molecular flexibility index (Phi) is 5.36. The van der Waals surface area contributed by atoms with Crippen LogP contribution in [0, 0.1) is 13.8 Å². The highest BCUT2D eigenvalue weighted by Gasteiger charge is 2.25. The van der Waals surface area contributed by atoms with E-state index in [0.717, 1.165) is 17.3 Å². The molecule has 1 aromatic heterocycles. The number of hydrogen-bond donors (Lipinski definition) is 0. The van der Waals surface area contributed by atoms with Crippen molar-refractivity contribution in [2.24, 2.45) is 0 Å². The Labute approximate surface area is 155 Å². The topological polar surface area (TPSA) is 49.3 Å². The van der Waals surface area contributed by atoms with E-state index in [2.05, 4.69) is 14.9 Å². The van der Waals surface area contributed by atoms with Crippen molar-refractivity contribution in [1.29, 1.82) is 0 Å². The number of anilines is 1. The van der Waals surface area contributed by atoms with Gasteiger partial charge < -0.3 is 9.80 Å². The summed E-state index contributed by atoms with van der Waals surface area (Å²) in [4.78, 5) is 24.1. The summed E-state index contributed by atoms with van der Waals surface area (Å²) in [6.07, 6.45) is -2.73. The highest BCUT2D eigenvalue weighted by Crippen LogP contribution is 2.25. The largest absolute Gasteiger partial charge is 0.368 e. The molecule has 0 aliphatic carbocycles. The molecular weight excluding hydrogens is 362 g/mol. The van der Waals surface area contributed by atoms with Crippen molar-refractivity contribution in [2.45, 2.75) is 20.3 Å². The molecule has 138 valence electrons. The zero-order valence-corrected chi connectivity index (χ0v) is 15.3. The fourth-order valence-electron chi connectivity index (χ4n) is 3.05. The maximum atomic E-state index is 12.9. The number of hydrogen-bond acceptors (Lipinski definition) is 4. The summed E-state index contributed by atoms with van der Waals surface area (Å²) in [5.74, 6) is -0.181. The summed E-state index contributed by atoms with van der Waals surface area (Å²) >= 11 is 6.08. The Hall–Kier alpha value is -2.28. The minimum Gasteiger partial charge on any atom is -0.368 e. The van der Waals surface area contributed by atoms with E-state index in [1.165, 1.54) is 6.92 Å². The second-order valence-electron chi connectivity index (χ2n) is 6.24. The molecule has 3 rings (SSSR count). The molecule has 1 aliphatic heterocycles. The van der Waals surface area contributed by atoms with Gasteiger partial charge in [0.05, 0.1) is 0 Å². The quantitative estimate of drug-likeness (QED) is 0.815. The van der Waals surface area contributed by atoms with Crippen LogP contribution < -0.4 is 4.90 Å². The smallest absolute Gasteiger partial charge is 0.280 e. The third kappa shape index (κ3) is 3.93. The lowest BCUT2D eigenvalue weighted by molar-refractivity contribution is 0.0739. The predicted molar refractivity (Wildman–Crippen MR) is 96.0 cm³/mol. The van der Waals surface area contributed by atoms with Crippen LogP contribution in [0.15, 0.2) is 24.3 Å². The molecule has 0 N–H and O–H groups in total. The van der Waals surface area contributed by atoms with Crippen molar-refractivity contribution in [2.75, 3.05) is 31.1 Å². The first-order valence-corrected chi connectivity index (χ1v) is 8.67. The molecule has 1 aliphatic rings. The number of carbonyl (C=O) groups excluding carboxylic acids is 1. The lowest BCUT2D eigenvalue weighted by Crippen LogP contribution is -2.49. The number of alkyl halides is 2. The summed E-state index contributed by atoms with van der Waals surface area (Å²) in [6, 6.07) is 6.80. The number of amides is 1. The Morgan fingerprint density at radius 3 is 2.46 bits per heavy atom. The molecule has 1 fully saturated rings. The van der Waals surface area contributed by atoms with Gasteiger partial charge in [-0.15, -0.1) is 0 Å². The van der Waals surface area contributed by atoms with Gasteiger partial charge in [-0.2, -0.15) is 0 Å². The van der Waals surface area contributed by atoms with Crippen LogP contribution in [0.25, 0.3) is 0 Å². The highest BCUT2D eigenvalue weighted by molar-refractivity contribution is 6.30. The van der Waals surface area contributed by atoms with Crippen LogP contribution >= 0.6 is 11.6 Å². The molecule has 0 radical (unpaired) electrons. The zero-order chi connectivity index (χ0) is 18.8. The number of aromatic nitrogens is 2. The van der Waals surface area contributed by atoms with E-state index in [4.69, 9.17) is 11.6 Å². The normalized spacial score (nSPS) is 14.8. The van der Waals surface area contributed by atoms with Gasteiger partial charge in [-0.05, 0) is 37.6 Å². The predicted octanol–water partition coefficient (Wildman–Crippen LogP) is 3.65. The van der Waals surface area contributed by atoms with Crippen molar-refractivity contribution in [1.82, 2.24) is 14.9 Å². The zero-order valence-electron chi connectivity index (χ0n) is 14.5. The number of nitrogens with zero attached hydrogens (tertiary/aromatic N) is 4. The average Bonchev–Trinajstić information content (AvgIpc) is 2.62. The summed E-state index contributed by atoms with van der Waals surface area (Å²) < 4.78 is 25.8. The molecule has 2 heterocycles. The van der Waals surface area contributed by atoms with Crippen LogP contribution in [-0.4, -0.2) is 47.0 Å². The number of benzene rings is 1. The highest BCUT2D eigenvalue weighted by atomic mass is 35.5. The van der Waals surface area contributed by atoms with E-state index >= 15 is 0 Å². The molecule has 8 heteroatoms. The maximum absolute atomic E-state index is 12.9. The van der Waals surface area contributed by atoms with Gasteiger partial charge in [0.1, 0.15) is 17.2 Å². The van der Waals surface area contributed by atoms with Gasteiger partial charge in [0, 0.05) is 36.9 Å². The second-order valence-corrected chi connectivity index (χ2v) is 6.67. The maximum Gasteiger partial charge on any atom is 0.280 e. The number of rotatable bonds is 3. The first kappa shape index (κ1) is 18.5. The minimum absolute atomic E-state index is 0.0141. The molecule has 2 aromatic rings. The Bertz CT molecular complexity index is 823. The second kappa shape index (κ2) is 7.53. The summed E-state index contributed by atoms with van der Waals surface area (Å²) in [6.45, 7) is 5.76. The monoisotopic (exact) mass is 380 g/mol. The number of piperazine rings is 1. The molecule has 0 unspecified atom stereocenters. The van der Waals surface area contributed by atoms with Gasteiger partial charge in [0.2, 0.25) is 0 Å². The molecule has 0 saturated carbocycles. The first-order valence-electron chi connectivity index (χ1n) is 8.29. The fraction of sp³-hybridized carbons (Fsp3) is 0.389. The molecule has 1 saturated heterocycles. The van der Waals surface area contributed by atoms with Crippen LogP contribution in [0.3, 0.4) is 0 Å². The van der Waals surface area contributed by atoms with Crippen molar-refractivity contribution in [3.05, 3.63) is 52.1 Å². The molecular formula is C18H19ClF2N4O. The number of carbonyl (C=O) groups is 1. The molecule has 1 amide bonds. The van der Waals surface area contributed by atoms with Gasteiger partial charge >= 0.3 is 0 Å². The third-order valence-electron chi connectivity index (χ3n) is 4.38. The molecule has 0 bridgehead atoms. The SMILES string of the molecule is Cc1nc(C(=O)N2CCN(c3cc(Cl)ccc3C)CC2)cc(C(F)F)n1. The van der Waals surface area contributed by atoms with Crippen LogP contribution in [0.5, 0.6) is 0 Å². The third-order valence-corrected chi connectivity index (χ3v) is 4.61. The number of halogens is 3. The van der Waals surface area contributed by atoms with Crippen molar-refractivity contribution >= 4 is 23.2 Å². The summed E-state index contributed by atoms with van der Waals surface area (Å²) in [5, 5.41) is 0.667. The van der Waals surface area contributed by atoms with Gasteiger partial charge in [0.25, 0.3) is 12.3 Å². The molecule has 0 spiro atoms. The van der Waals surface area contributed by atoms with E-state index in [9.17, 15) is 13.6 Å². The van der Waals surface area contributed by atoms with Crippen molar-refractivity contribution in [3.63, 3.8) is 0 Å². The van der Waals surface area contributed by atoms with Crippen LogP contribution in [0.4, 0.5) is 14.5 Å². The molecule has 26 heavy (non-hydrogen) atoms. The van der Waals surface area contributed by atoms with Crippen molar-refractivity contribution < 1.29 is 13.6 Å². The van der Waals surface area contributed by atoms with Crippen LogP contribution in [0.1, 0.15) is 34.0 Å². The standard InChI is InChI=1S/C18H19ClF2N4O/c1-11-3-4-13(19)9-16(11)24-5-7-25(8-6-24)18(26)15-10-14(17(20)21)22-12(2)23-15/h3-4,9-10,17H,5-8H2,1-2H3. The van der Waals surface area contributed by atoms with E-state index in [-0.39, 0.29) is 17.4 Å². The first-order chi connectivity index (χ1) is 12.3. The van der Waals surface area contributed by atoms with Crippen molar-refractivity contribution in [3.8, 4) is 0 Å². The van der Waals surface area contributed by atoms with Gasteiger partial charge in [-0.1, -0.05) is 17.7 Å².